The highest BCUT2D eigenvalue weighted by Crippen LogP contribution is 2.27. The third-order valence-electron chi connectivity index (χ3n) is 4.06. The van der Waals surface area contributed by atoms with Crippen LogP contribution >= 0.6 is 0 Å². The summed E-state index contributed by atoms with van der Waals surface area (Å²) in [6.07, 6.45) is 0. The molecule has 4 nitrogen and oxygen atoms in total. The van der Waals surface area contributed by atoms with Gasteiger partial charge in [-0.05, 0) is 53.4 Å². The number of anilines is 2. The van der Waals surface area contributed by atoms with Crippen LogP contribution in [0.25, 0.3) is 11.1 Å². The van der Waals surface area contributed by atoms with E-state index in [4.69, 9.17) is 11.5 Å². The molecule has 0 atom stereocenters. The minimum atomic E-state index is -0.0998. The van der Waals surface area contributed by atoms with Gasteiger partial charge in [0.1, 0.15) is 0 Å². The number of rotatable bonds is 4. The molecular weight excluding hydrogens is 310 g/mol. The highest BCUT2D eigenvalue weighted by Gasteiger charge is 2.09. The summed E-state index contributed by atoms with van der Waals surface area (Å²) in [4.78, 5) is 12.5. The van der Waals surface area contributed by atoms with Crippen LogP contribution in [-0.2, 0) is 6.54 Å². The van der Waals surface area contributed by atoms with Crippen molar-refractivity contribution in [1.82, 2.24) is 5.32 Å². The molecule has 0 heterocycles. The minimum absolute atomic E-state index is 0.0998. The number of nitrogens with two attached hydrogens (primary N) is 2. The summed E-state index contributed by atoms with van der Waals surface area (Å²) in [5, 5.41) is 2.96. The Balaban J connectivity index is 1.83. The summed E-state index contributed by atoms with van der Waals surface area (Å²) in [6, 6.07) is 21.1. The molecule has 5 N–H and O–H groups in total. The zero-order valence-corrected chi connectivity index (χ0v) is 14.1. The molecule has 0 radical (unpaired) electrons. The Morgan fingerprint density at radius 3 is 2.36 bits per heavy atom. The molecule has 3 rings (SSSR count). The van der Waals surface area contributed by atoms with Gasteiger partial charge in [-0.15, -0.1) is 0 Å². The second-order valence-electron chi connectivity index (χ2n) is 6.10. The predicted molar refractivity (Wildman–Crippen MR) is 103 cm³/mol. The standard InChI is InChI=1S/C21H21N3O/c1-14-9-17(16-7-8-19(22)20(23)12-16)11-18(10-14)21(25)24-13-15-5-3-2-4-6-15/h2-12H,13,22-23H2,1H3,(H,24,25). The van der Waals surface area contributed by atoms with Crippen LogP contribution in [0.1, 0.15) is 21.5 Å². The van der Waals surface area contributed by atoms with Crippen LogP contribution in [0.3, 0.4) is 0 Å². The van der Waals surface area contributed by atoms with Crippen LogP contribution in [0.4, 0.5) is 11.4 Å². The average Bonchev–Trinajstić information content (AvgIpc) is 2.62. The van der Waals surface area contributed by atoms with Crippen LogP contribution in [-0.4, -0.2) is 5.91 Å². The molecule has 0 saturated carbocycles. The molecule has 0 spiro atoms. The van der Waals surface area contributed by atoms with Crippen molar-refractivity contribution in [1.29, 1.82) is 0 Å². The molecule has 0 saturated heterocycles. The molecule has 25 heavy (non-hydrogen) atoms. The van der Waals surface area contributed by atoms with Crippen molar-refractivity contribution in [3.05, 3.63) is 83.4 Å². The summed E-state index contributed by atoms with van der Waals surface area (Å²) in [5.74, 6) is -0.0998. The first-order valence-corrected chi connectivity index (χ1v) is 8.12. The second kappa shape index (κ2) is 7.09. The van der Waals surface area contributed by atoms with Crippen LogP contribution < -0.4 is 16.8 Å². The van der Waals surface area contributed by atoms with E-state index in [0.29, 0.717) is 23.5 Å². The molecule has 4 heteroatoms. The summed E-state index contributed by atoms with van der Waals surface area (Å²) in [5.41, 5.74) is 17.4. The molecule has 1 amide bonds. The Kier molecular flexibility index (Phi) is 4.70. The SMILES string of the molecule is Cc1cc(C(=O)NCc2ccccc2)cc(-c2ccc(N)c(N)c2)c1. The zero-order valence-electron chi connectivity index (χ0n) is 14.1. The van der Waals surface area contributed by atoms with Gasteiger partial charge in [0.2, 0.25) is 0 Å². The van der Waals surface area contributed by atoms with Crippen molar-refractivity contribution in [3.63, 3.8) is 0 Å². The molecule has 126 valence electrons. The number of hydrogen-bond donors (Lipinski definition) is 3. The average molecular weight is 331 g/mol. The van der Waals surface area contributed by atoms with E-state index in [-0.39, 0.29) is 5.91 Å². The number of hydrogen-bond acceptors (Lipinski definition) is 3. The molecule has 0 fully saturated rings. The number of amides is 1. The van der Waals surface area contributed by atoms with E-state index in [9.17, 15) is 4.79 Å². The van der Waals surface area contributed by atoms with Gasteiger partial charge < -0.3 is 16.8 Å². The fraction of sp³-hybridized carbons (Fsp3) is 0.0952. The maximum atomic E-state index is 12.5. The van der Waals surface area contributed by atoms with Crippen LogP contribution in [0.5, 0.6) is 0 Å². The monoisotopic (exact) mass is 331 g/mol. The van der Waals surface area contributed by atoms with Gasteiger partial charge in [0.05, 0.1) is 11.4 Å². The first-order valence-electron chi connectivity index (χ1n) is 8.12. The normalized spacial score (nSPS) is 10.4. The highest BCUT2D eigenvalue weighted by atomic mass is 16.1. The van der Waals surface area contributed by atoms with E-state index < -0.39 is 0 Å². The van der Waals surface area contributed by atoms with Gasteiger partial charge in [0.15, 0.2) is 0 Å². The summed E-state index contributed by atoms with van der Waals surface area (Å²) < 4.78 is 0. The van der Waals surface area contributed by atoms with Crippen molar-refractivity contribution < 1.29 is 4.79 Å². The molecule has 0 aromatic heterocycles. The molecule has 3 aromatic rings. The molecular formula is C21H21N3O. The summed E-state index contributed by atoms with van der Waals surface area (Å²) >= 11 is 0. The Bertz CT molecular complexity index is 904. The largest absolute Gasteiger partial charge is 0.397 e. The van der Waals surface area contributed by atoms with Gasteiger partial charge in [-0.3, -0.25) is 4.79 Å². The minimum Gasteiger partial charge on any atom is -0.397 e. The third kappa shape index (κ3) is 3.98. The lowest BCUT2D eigenvalue weighted by Gasteiger charge is -2.10. The molecule has 0 aliphatic heterocycles. The number of benzene rings is 3. The highest BCUT2D eigenvalue weighted by molar-refractivity contribution is 5.95. The predicted octanol–water partition coefficient (Wildman–Crippen LogP) is 3.76. The van der Waals surface area contributed by atoms with Crippen LogP contribution in [0, 0.1) is 6.92 Å². The number of nitrogens with one attached hydrogen (secondary N) is 1. The smallest absolute Gasteiger partial charge is 0.251 e. The Morgan fingerprint density at radius 1 is 0.880 bits per heavy atom. The van der Waals surface area contributed by atoms with Crippen molar-refractivity contribution in [3.8, 4) is 11.1 Å². The number of carbonyl (C=O) groups excluding carboxylic acids is 1. The van der Waals surface area contributed by atoms with Gasteiger partial charge >= 0.3 is 0 Å². The molecule has 3 aromatic carbocycles. The topological polar surface area (TPSA) is 81.1 Å². The van der Waals surface area contributed by atoms with E-state index in [1.807, 2.05) is 67.6 Å². The third-order valence-corrected chi connectivity index (χ3v) is 4.06. The quantitative estimate of drug-likeness (QED) is 0.637. The van der Waals surface area contributed by atoms with E-state index in [1.54, 1.807) is 6.07 Å². The van der Waals surface area contributed by atoms with Crippen LogP contribution in [0.2, 0.25) is 0 Å². The summed E-state index contributed by atoms with van der Waals surface area (Å²) in [6.45, 7) is 2.47. The number of aryl methyl sites for hydroxylation is 1. The molecule has 0 bridgehead atoms. The van der Waals surface area contributed by atoms with Gasteiger partial charge in [-0.2, -0.15) is 0 Å². The number of nitrogen functional groups attached to an aromatic ring is 2. The van der Waals surface area contributed by atoms with E-state index in [2.05, 4.69) is 5.32 Å². The fourth-order valence-corrected chi connectivity index (χ4v) is 2.72. The van der Waals surface area contributed by atoms with Gasteiger partial charge in [-0.1, -0.05) is 42.5 Å². The molecule has 0 unspecified atom stereocenters. The molecule has 0 aliphatic rings. The van der Waals surface area contributed by atoms with Gasteiger partial charge in [-0.25, -0.2) is 0 Å². The lowest BCUT2D eigenvalue weighted by Crippen LogP contribution is -2.22. The van der Waals surface area contributed by atoms with Crippen LogP contribution in [0.15, 0.2) is 66.7 Å². The van der Waals surface area contributed by atoms with Crippen molar-refractivity contribution in [2.45, 2.75) is 13.5 Å². The maximum absolute atomic E-state index is 12.5. The second-order valence-corrected chi connectivity index (χ2v) is 6.10. The molecule has 0 aliphatic carbocycles. The van der Waals surface area contributed by atoms with Gasteiger partial charge in [0, 0.05) is 12.1 Å². The van der Waals surface area contributed by atoms with E-state index >= 15 is 0 Å². The van der Waals surface area contributed by atoms with Gasteiger partial charge in [0.25, 0.3) is 5.91 Å². The Labute approximate surface area is 147 Å². The maximum Gasteiger partial charge on any atom is 0.251 e. The zero-order chi connectivity index (χ0) is 17.8. The first kappa shape index (κ1) is 16.6. The first-order chi connectivity index (χ1) is 12.0. The van der Waals surface area contributed by atoms with Crippen molar-refractivity contribution in [2.75, 3.05) is 11.5 Å². The number of carbonyl (C=O) groups is 1. The van der Waals surface area contributed by atoms with Crippen molar-refractivity contribution >= 4 is 17.3 Å². The van der Waals surface area contributed by atoms with Crippen molar-refractivity contribution in [2.24, 2.45) is 0 Å². The van der Waals surface area contributed by atoms with E-state index in [1.165, 1.54) is 0 Å². The lowest BCUT2D eigenvalue weighted by molar-refractivity contribution is 0.0951. The summed E-state index contributed by atoms with van der Waals surface area (Å²) in [7, 11) is 0. The van der Waals surface area contributed by atoms with E-state index in [0.717, 1.165) is 22.3 Å². The Morgan fingerprint density at radius 2 is 1.64 bits per heavy atom. The lowest BCUT2D eigenvalue weighted by atomic mass is 9.99. The fourth-order valence-electron chi connectivity index (χ4n) is 2.72. The Hall–Kier alpha value is -3.27.